The van der Waals surface area contributed by atoms with Gasteiger partial charge in [-0.3, -0.25) is 4.79 Å². The highest BCUT2D eigenvalue weighted by Crippen LogP contribution is 2.14. The second-order valence-corrected chi connectivity index (χ2v) is 6.49. The summed E-state index contributed by atoms with van der Waals surface area (Å²) in [5.41, 5.74) is 0.550. The van der Waals surface area contributed by atoms with E-state index in [9.17, 15) is 14.0 Å². The first kappa shape index (κ1) is 18.9. The molecule has 2 amide bonds. The molecule has 3 rings (SSSR count). The average molecular weight is 370 g/mol. The number of benzene rings is 2. The molecule has 0 saturated carbocycles. The van der Waals surface area contributed by atoms with Crippen LogP contribution in [0.5, 0.6) is 5.75 Å². The Kier molecular flexibility index (Phi) is 6.41. The Morgan fingerprint density at radius 3 is 2.33 bits per heavy atom. The number of rotatable bonds is 4. The molecule has 6 heteroatoms. The van der Waals surface area contributed by atoms with Crippen molar-refractivity contribution in [1.29, 1.82) is 0 Å². The number of aryl methyl sites for hydroxylation is 1. The van der Waals surface area contributed by atoms with Crippen LogP contribution < -0.4 is 4.74 Å². The van der Waals surface area contributed by atoms with Gasteiger partial charge in [-0.15, -0.1) is 0 Å². The van der Waals surface area contributed by atoms with E-state index in [2.05, 4.69) is 0 Å². The summed E-state index contributed by atoms with van der Waals surface area (Å²) in [6.45, 7) is 2.02. The van der Waals surface area contributed by atoms with E-state index < -0.39 is 6.09 Å². The lowest BCUT2D eigenvalue weighted by Crippen LogP contribution is -2.38. The average Bonchev–Trinajstić information content (AvgIpc) is 2.94. The standard InChI is InChI=1S/C21H23FN2O3/c22-19-10-5-4-7-17(19)11-12-20(25)23-13-6-14-24(16-15-23)21(26)27-18-8-2-1-3-9-18/h1-5,7-10H,6,11-16H2. The molecule has 1 aliphatic heterocycles. The van der Waals surface area contributed by atoms with Crippen molar-refractivity contribution in [3.05, 3.63) is 66.0 Å². The zero-order chi connectivity index (χ0) is 19.1. The van der Waals surface area contributed by atoms with Crippen LogP contribution >= 0.6 is 0 Å². The van der Waals surface area contributed by atoms with Crippen molar-refractivity contribution in [3.63, 3.8) is 0 Å². The van der Waals surface area contributed by atoms with Crippen molar-refractivity contribution in [3.8, 4) is 5.75 Å². The van der Waals surface area contributed by atoms with Crippen LogP contribution in [-0.4, -0.2) is 48.0 Å². The predicted molar refractivity (Wildman–Crippen MR) is 100.0 cm³/mol. The number of nitrogens with zero attached hydrogens (tertiary/aromatic N) is 2. The number of carbonyl (C=O) groups is 2. The lowest BCUT2D eigenvalue weighted by atomic mass is 10.1. The number of ether oxygens (including phenoxy) is 1. The normalized spacial score (nSPS) is 14.6. The second-order valence-electron chi connectivity index (χ2n) is 6.49. The van der Waals surface area contributed by atoms with Gasteiger partial charge in [0.2, 0.25) is 5.91 Å². The molecular formula is C21H23FN2O3. The maximum absolute atomic E-state index is 13.7. The van der Waals surface area contributed by atoms with Crippen LogP contribution in [0, 0.1) is 5.82 Å². The first-order chi connectivity index (χ1) is 13.1. The van der Waals surface area contributed by atoms with Crippen molar-refractivity contribution in [2.24, 2.45) is 0 Å². The molecule has 0 atom stereocenters. The SMILES string of the molecule is O=C(CCc1ccccc1F)N1CCCN(C(=O)Oc2ccccc2)CC1. The Morgan fingerprint density at radius 1 is 0.889 bits per heavy atom. The molecule has 0 unspecified atom stereocenters. The third-order valence-electron chi connectivity index (χ3n) is 4.62. The quantitative estimate of drug-likeness (QED) is 0.828. The van der Waals surface area contributed by atoms with Crippen molar-refractivity contribution in [2.75, 3.05) is 26.2 Å². The third kappa shape index (κ3) is 5.29. The van der Waals surface area contributed by atoms with Crippen LogP contribution in [0.1, 0.15) is 18.4 Å². The molecule has 1 aliphatic rings. The van der Waals surface area contributed by atoms with Gasteiger partial charge in [0.1, 0.15) is 11.6 Å². The van der Waals surface area contributed by atoms with Gasteiger partial charge in [-0.2, -0.15) is 0 Å². The van der Waals surface area contributed by atoms with E-state index in [4.69, 9.17) is 4.74 Å². The minimum absolute atomic E-state index is 0.0171. The molecule has 1 saturated heterocycles. The van der Waals surface area contributed by atoms with E-state index in [-0.39, 0.29) is 18.1 Å². The van der Waals surface area contributed by atoms with E-state index >= 15 is 0 Å². The van der Waals surface area contributed by atoms with Gasteiger partial charge in [-0.25, -0.2) is 9.18 Å². The molecule has 0 aromatic heterocycles. The molecular weight excluding hydrogens is 347 g/mol. The lowest BCUT2D eigenvalue weighted by Gasteiger charge is -2.22. The van der Waals surface area contributed by atoms with Gasteiger partial charge >= 0.3 is 6.09 Å². The fourth-order valence-electron chi connectivity index (χ4n) is 3.10. The van der Waals surface area contributed by atoms with Gasteiger partial charge in [0.25, 0.3) is 0 Å². The topological polar surface area (TPSA) is 49.9 Å². The van der Waals surface area contributed by atoms with Gasteiger partial charge in [0, 0.05) is 32.6 Å². The largest absolute Gasteiger partial charge is 0.415 e. The maximum atomic E-state index is 13.7. The summed E-state index contributed by atoms with van der Waals surface area (Å²) < 4.78 is 19.0. The van der Waals surface area contributed by atoms with E-state index in [1.807, 2.05) is 6.07 Å². The highest BCUT2D eigenvalue weighted by Gasteiger charge is 2.23. The number of carbonyl (C=O) groups excluding carboxylic acids is 2. The smallest absolute Gasteiger partial charge is 0.410 e. The van der Waals surface area contributed by atoms with Crippen molar-refractivity contribution in [1.82, 2.24) is 9.80 Å². The van der Waals surface area contributed by atoms with E-state index in [0.29, 0.717) is 50.3 Å². The summed E-state index contributed by atoms with van der Waals surface area (Å²) in [7, 11) is 0. The number of hydrogen-bond acceptors (Lipinski definition) is 3. The highest BCUT2D eigenvalue weighted by atomic mass is 19.1. The summed E-state index contributed by atoms with van der Waals surface area (Å²) in [4.78, 5) is 28.1. The van der Waals surface area contributed by atoms with Gasteiger partial charge in [0.05, 0.1) is 0 Å². The van der Waals surface area contributed by atoms with Gasteiger partial charge < -0.3 is 14.5 Å². The highest BCUT2D eigenvalue weighted by molar-refractivity contribution is 5.77. The van der Waals surface area contributed by atoms with Crippen LogP contribution in [0.2, 0.25) is 0 Å². The summed E-state index contributed by atoms with van der Waals surface area (Å²) in [6.07, 6.45) is 0.925. The number of hydrogen-bond donors (Lipinski definition) is 0. The van der Waals surface area contributed by atoms with Crippen LogP contribution in [0.4, 0.5) is 9.18 Å². The lowest BCUT2D eigenvalue weighted by molar-refractivity contribution is -0.131. The molecule has 0 spiro atoms. The zero-order valence-corrected chi connectivity index (χ0v) is 15.1. The predicted octanol–water partition coefficient (Wildman–Crippen LogP) is 3.49. The molecule has 0 aliphatic carbocycles. The van der Waals surface area contributed by atoms with E-state index in [0.717, 1.165) is 0 Å². The Labute approximate surface area is 158 Å². The summed E-state index contributed by atoms with van der Waals surface area (Å²) in [5, 5.41) is 0. The fourth-order valence-corrected chi connectivity index (χ4v) is 3.10. The molecule has 2 aromatic rings. The Morgan fingerprint density at radius 2 is 1.56 bits per heavy atom. The summed E-state index contributed by atoms with van der Waals surface area (Å²) in [6, 6.07) is 15.4. The first-order valence-corrected chi connectivity index (χ1v) is 9.16. The number of halogens is 1. The Bertz CT molecular complexity index is 782. The van der Waals surface area contributed by atoms with Gasteiger partial charge in [-0.05, 0) is 36.6 Å². The summed E-state index contributed by atoms with van der Waals surface area (Å²) in [5.74, 6) is 0.206. The van der Waals surface area contributed by atoms with Crippen LogP contribution in [0.15, 0.2) is 54.6 Å². The molecule has 2 aromatic carbocycles. The van der Waals surface area contributed by atoms with Gasteiger partial charge in [0.15, 0.2) is 0 Å². The molecule has 27 heavy (non-hydrogen) atoms. The maximum Gasteiger partial charge on any atom is 0.415 e. The van der Waals surface area contributed by atoms with Gasteiger partial charge in [-0.1, -0.05) is 36.4 Å². The Balaban J connectivity index is 1.49. The monoisotopic (exact) mass is 370 g/mol. The van der Waals surface area contributed by atoms with E-state index in [1.165, 1.54) is 6.07 Å². The van der Waals surface area contributed by atoms with Crippen LogP contribution in [0.25, 0.3) is 0 Å². The second kappa shape index (κ2) is 9.16. The van der Waals surface area contributed by atoms with Crippen LogP contribution in [-0.2, 0) is 11.2 Å². The minimum Gasteiger partial charge on any atom is -0.410 e. The fraction of sp³-hybridized carbons (Fsp3) is 0.333. The molecule has 1 fully saturated rings. The van der Waals surface area contributed by atoms with E-state index in [1.54, 1.807) is 52.3 Å². The molecule has 1 heterocycles. The molecule has 0 N–H and O–H groups in total. The molecule has 0 radical (unpaired) electrons. The molecule has 0 bridgehead atoms. The van der Waals surface area contributed by atoms with Crippen LogP contribution in [0.3, 0.4) is 0 Å². The number of para-hydroxylation sites is 1. The minimum atomic E-state index is -0.401. The number of amides is 2. The first-order valence-electron chi connectivity index (χ1n) is 9.16. The molecule has 5 nitrogen and oxygen atoms in total. The van der Waals surface area contributed by atoms with Crippen molar-refractivity contribution >= 4 is 12.0 Å². The van der Waals surface area contributed by atoms with Crippen molar-refractivity contribution < 1.29 is 18.7 Å². The zero-order valence-electron chi connectivity index (χ0n) is 15.1. The third-order valence-corrected chi connectivity index (χ3v) is 4.62. The Hall–Kier alpha value is -2.89. The summed E-state index contributed by atoms with van der Waals surface area (Å²) >= 11 is 0. The van der Waals surface area contributed by atoms with Crippen molar-refractivity contribution in [2.45, 2.75) is 19.3 Å². The molecule has 142 valence electrons.